The summed E-state index contributed by atoms with van der Waals surface area (Å²) in [6.07, 6.45) is 0. The summed E-state index contributed by atoms with van der Waals surface area (Å²) in [5.74, 6) is 0.144. The van der Waals surface area contributed by atoms with E-state index in [1.54, 1.807) is 39.3 Å². The standard InChI is InChI=1S/C26H32N4O6/c1-5-36-25(32)22-23(17-9-10-20(34-3)21(15-17)35-4)27-26(28-24(22)31)30-13-11-29(12-14-30)18-7-6-8-19(16-18)33-2/h6-10,15-16,22-23H,5,11-14H2,1-4H3,(H,27,28,31)/t22-,23-/m0/s1. The maximum Gasteiger partial charge on any atom is 0.321 e. The number of benzene rings is 2. The first-order valence-electron chi connectivity index (χ1n) is 11.9. The van der Waals surface area contributed by atoms with Crippen molar-refractivity contribution < 1.29 is 28.5 Å². The zero-order chi connectivity index (χ0) is 25.7. The number of carbonyl (C=O) groups excluding carboxylic acids is 2. The quantitative estimate of drug-likeness (QED) is 0.460. The van der Waals surface area contributed by atoms with Gasteiger partial charge < -0.3 is 28.7 Å². The summed E-state index contributed by atoms with van der Waals surface area (Å²) in [4.78, 5) is 35.1. The van der Waals surface area contributed by atoms with Crippen molar-refractivity contribution in [1.82, 2.24) is 10.2 Å². The normalized spacial score (nSPS) is 19.8. The minimum atomic E-state index is -1.11. The van der Waals surface area contributed by atoms with Crippen molar-refractivity contribution in [2.45, 2.75) is 13.0 Å². The van der Waals surface area contributed by atoms with E-state index in [2.05, 4.69) is 16.3 Å². The third-order valence-electron chi connectivity index (χ3n) is 6.38. The summed E-state index contributed by atoms with van der Waals surface area (Å²) in [5.41, 5.74) is 1.74. The van der Waals surface area contributed by atoms with E-state index < -0.39 is 23.8 Å². The summed E-state index contributed by atoms with van der Waals surface area (Å²) in [5, 5.41) is 2.84. The van der Waals surface area contributed by atoms with Crippen molar-refractivity contribution in [2.75, 3.05) is 59.0 Å². The molecule has 2 aromatic carbocycles. The predicted octanol–water partition coefficient (Wildman–Crippen LogP) is 2.24. The first kappa shape index (κ1) is 25.2. The SMILES string of the molecule is CCOC(=O)[C@@H]1C(=O)NC(N2CCN(c3cccc(OC)c3)CC2)=N[C@H]1c1ccc(OC)c(OC)c1. The highest BCUT2D eigenvalue weighted by Gasteiger charge is 2.42. The molecule has 1 N–H and O–H groups in total. The molecule has 1 saturated heterocycles. The van der Waals surface area contributed by atoms with Gasteiger partial charge in [-0.3, -0.25) is 14.9 Å². The molecule has 2 aliphatic heterocycles. The van der Waals surface area contributed by atoms with Crippen LogP contribution in [-0.4, -0.2) is 76.9 Å². The number of anilines is 1. The first-order valence-corrected chi connectivity index (χ1v) is 11.9. The topological polar surface area (TPSA) is 102 Å². The average molecular weight is 497 g/mol. The van der Waals surface area contributed by atoms with Crippen LogP contribution in [0.3, 0.4) is 0 Å². The van der Waals surface area contributed by atoms with E-state index in [1.165, 1.54) is 7.11 Å². The first-order chi connectivity index (χ1) is 17.5. The zero-order valence-electron chi connectivity index (χ0n) is 21.0. The van der Waals surface area contributed by atoms with Crippen LogP contribution < -0.4 is 24.4 Å². The Morgan fingerprint density at radius 1 is 0.972 bits per heavy atom. The minimum absolute atomic E-state index is 0.171. The third-order valence-corrected chi connectivity index (χ3v) is 6.38. The van der Waals surface area contributed by atoms with Crippen LogP contribution >= 0.6 is 0 Å². The smallest absolute Gasteiger partial charge is 0.321 e. The molecule has 0 spiro atoms. The van der Waals surface area contributed by atoms with E-state index in [4.69, 9.17) is 23.9 Å². The Morgan fingerprint density at radius 3 is 2.36 bits per heavy atom. The van der Waals surface area contributed by atoms with Gasteiger partial charge in [-0.15, -0.1) is 0 Å². The number of rotatable bonds is 7. The van der Waals surface area contributed by atoms with Gasteiger partial charge in [-0.05, 0) is 36.8 Å². The van der Waals surface area contributed by atoms with Gasteiger partial charge in [-0.1, -0.05) is 12.1 Å². The summed E-state index contributed by atoms with van der Waals surface area (Å²) in [6, 6.07) is 12.5. The fraction of sp³-hybridized carbons (Fsp3) is 0.423. The molecule has 192 valence electrons. The molecule has 4 rings (SSSR count). The highest BCUT2D eigenvalue weighted by atomic mass is 16.5. The number of piperazine rings is 1. The van der Waals surface area contributed by atoms with Crippen molar-refractivity contribution >= 4 is 23.5 Å². The van der Waals surface area contributed by atoms with Crippen molar-refractivity contribution in [3.05, 3.63) is 48.0 Å². The van der Waals surface area contributed by atoms with E-state index in [9.17, 15) is 9.59 Å². The number of esters is 1. The molecule has 2 aromatic rings. The van der Waals surface area contributed by atoms with Crippen LogP contribution in [-0.2, 0) is 14.3 Å². The lowest BCUT2D eigenvalue weighted by Gasteiger charge is -2.39. The van der Waals surface area contributed by atoms with Gasteiger partial charge in [-0.25, -0.2) is 4.99 Å². The number of aliphatic imine (C=N–C) groups is 1. The van der Waals surface area contributed by atoms with E-state index in [1.807, 2.05) is 23.1 Å². The molecule has 2 atom stereocenters. The van der Waals surface area contributed by atoms with Crippen LogP contribution in [0.4, 0.5) is 5.69 Å². The van der Waals surface area contributed by atoms with Crippen molar-refractivity contribution in [2.24, 2.45) is 10.9 Å². The molecule has 10 nitrogen and oxygen atoms in total. The number of carbonyl (C=O) groups is 2. The molecular formula is C26H32N4O6. The van der Waals surface area contributed by atoms with Crippen LogP contribution in [0.25, 0.3) is 0 Å². The molecule has 0 aromatic heterocycles. The monoisotopic (exact) mass is 496 g/mol. The Kier molecular flexibility index (Phi) is 7.82. The predicted molar refractivity (Wildman–Crippen MR) is 135 cm³/mol. The fourth-order valence-corrected chi connectivity index (χ4v) is 4.49. The van der Waals surface area contributed by atoms with Gasteiger partial charge in [0.25, 0.3) is 0 Å². The highest BCUT2D eigenvalue weighted by molar-refractivity contribution is 6.08. The largest absolute Gasteiger partial charge is 0.497 e. The second-order valence-corrected chi connectivity index (χ2v) is 8.41. The lowest BCUT2D eigenvalue weighted by atomic mass is 9.91. The summed E-state index contributed by atoms with van der Waals surface area (Å²) in [7, 11) is 4.74. The second-order valence-electron chi connectivity index (χ2n) is 8.41. The molecule has 1 fully saturated rings. The Bertz CT molecular complexity index is 1130. The molecule has 1 amide bonds. The number of nitrogens with zero attached hydrogens (tertiary/aromatic N) is 3. The number of nitrogens with one attached hydrogen (secondary N) is 1. The van der Waals surface area contributed by atoms with Crippen LogP contribution in [0.1, 0.15) is 18.5 Å². The van der Waals surface area contributed by atoms with Gasteiger partial charge in [0.05, 0.1) is 27.9 Å². The second kappa shape index (κ2) is 11.2. The number of methoxy groups -OCH3 is 3. The molecule has 2 aliphatic rings. The molecule has 2 heterocycles. The van der Waals surface area contributed by atoms with E-state index in [0.717, 1.165) is 24.5 Å². The number of guanidine groups is 1. The molecule has 0 aliphatic carbocycles. The van der Waals surface area contributed by atoms with E-state index in [-0.39, 0.29) is 6.61 Å². The maximum absolute atomic E-state index is 13.2. The third kappa shape index (κ3) is 5.17. The number of hydrogen-bond acceptors (Lipinski definition) is 9. The van der Waals surface area contributed by atoms with E-state index >= 15 is 0 Å². The molecule has 10 heteroatoms. The van der Waals surface area contributed by atoms with Gasteiger partial charge in [0.2, 0.25) is 11.9 Å². The van der Waals surface area contributed by atoms with Gasteiger partial charge in [0.1, 0.15) is 11.8 Å². The zero-order valence-corrected chi connectivity index (χ0v) is 21.0. The van der Waals surface area contributed by atoms with Gasteiger partial charge in [0, 0.05) is 37.9 Å². The van der Waals surface area contributed by atoms with Crippen LogP contribution in [0.2, 0.25) is 0 Å². The number of amides is 1. The minimum Gasteiger partial charge on any atom is -0.497 e. The Balaban J connectivity index is 1.59. The lowest BCUT2D eigenvalue weighted by Crippen LogP contribution is -2.57. The van der Waals surface area contributed by atoms with Crippen LogP contribution in [0, 0.1) is 5.92 Å². The number of ether oxygens (including phenoxy) is 4. The van der Waals surface area contributed by atoms with Gasteiger partial charge in [0.15, 0.2) is 17.4 Å². The molecular weight excluding hydrogens is 464 g/mol. The molecule has 0 radical (unpaired) electrons. The highest BCUT2D eigenvalue weighted by Crippen LogP contribution is 2.36. The Labute approximate surface area is 210 Å². The van der Waals surface area contributed by atoms with Crippen molar-refractivity contribution in [1.29, 1.82) is 0 Å². The van der Waals surface area contributed by atoms with Crippen molar-refractivity contribution in [3.8, 4) is 17.2 Å². The van der Waals surface area contributed by atoms with Gasteiger partial charge in [-0.2, -0.15) is 0 Å². The summed E-state index contributed by atoms with van der Waals surface area (Å²) in [6.45, 7) is 4.66. The van der Waals surface area contributed by atoms with Gasteiger partial charge >= 0.3 is 5.97 Å². The van der Waals surface area contributed by atoms with Crippen LogP contribution in [0.5, 0.6) is 17.2 Å². The summed E-state index contributed by atoms with van der Waals surface area (Å²) >= 11 is 0. The molecule has 0 saturated carbocycles. The lowest BCUT2D eigenvalue weighted by molar-refractivity contribution is -0.153. The van der Waals surface area contributed by atoms with Crippen molar-refractivity contribution in [3.63, 3.8) is 0 Å². The Hall–Kier alpha value is -3.95. The van der Waals surface area contributed by atoms with E-state index in [0.29, 0.717) is 36.1 Å². The molecule has 0 unspecified atom stereocenters. The average Bonchev–Trinajstić information content (AvgIpc) is 2.92. The maximum atomic E-state index is 13.2. The molecule has 36 heavy (non-hydrogen) atoms. The fourth-order valence-electron chi connectivity index (χ4n) is 4.49. The Morgan fingerprint density at radius 2 is 1.69 bits per heavy atom. The van der Waals surface area contributed by atoms with Crippen LogP contribution in [0.15, 0.2) is 47.5 Å². The number of hydrogen-bond donors (Lipinski definition) is 1. The summed E-state index contributed by atoms with van der Waals surface area (Å²) < 4.78 is 21.3. The molecule has 0 bridgehead atoms.